The summed E-state index contributed by atoms with van der Waals surface area (Å²) >= 11 is 0. The lowest BCUT2D eigenvalue weighted by molar-refractivity contribution is -0.148. The van der Waals surface area contributed by atoms with Crippen LogP contribution in [0.1, 0.15) is 61.8 Å². The molecule has 12 heteroatoms. The van der Waals surface area contributed by atoms with E-state index in [-0.39, 0.29) is 22.5 Å². The molecule has 1 aliphatic rings. The van der Waals surface area contributed by atoms with Gasteiger partial charge in [-0.25, -0.2) is 8.78 Å². The molecule has 0 saturated heterocycles. The van der Waals surface area contributed by atoms with Crippen LogP contribution in [0.25, 0.3) is 0 Å². The lowest BCUT2D eigenvalue weighted by Gasteiger charge is -2.46. The molecule has 0 aliphatic heterocycles. The lowest BCUT2D eigenvalue weighted by Crippen LogP contribution is -2.61. The average molecular weight is 495 g/mol. The standard InChI is InChI=1S/C24H23F2N7O3/c1-12-5-6-16(7-15(12)8-27)29-21(35)19-13(2)18(14(3)33(19)4)20(34)22(36)30-23(10-24(25,26)11-23)17-9-28-32-31-17/h5-7,9H,10-11H2,1-4H3,(H,29,35)(H,30,36)(H,28,31,32). The third-order valence-electron chi connectivity index (χ3n) is 6.57. The number of ketones is 1. The van der Waals surface area contributed by atoms with E-state index in [1.54, 1.807) is 33.0 Å². The first-order chi connectivity index (χ1) is 16.9. The highest BCUT2D eigenvalue weighted by Gasteiger charge is 2.60. The van der Waals surface area contributed by atoms with Crippen molar-refractivity contribution in [3.8, 4) is 6.07 Å². The zero-order chi connectivity index (χ0) is 26.4. The highest BCUT2D eigenvalue weighted by Crippen LogP contribution is 2.51. The maximum Gasteiger partial charge on any atom is 0.293 e. The fourth-order valence-corrected chi connectivity index (χ4v) is 4.63. The van der Waals surface area contributed by atoms with Crippen molar-refractivity contribution in [2.75, 3.05) is 5.32 Å². The number of carbonyl (C=O) groups excluding carboxylic acids is 3. The van der Waals surface area contributed by atoms with Crippen molar-refractivity contribution in [2.24, 2.45) is 7.05 Å². The molecule has 2 aromatic heterocycles. The van der Waals surface area contributed by atoms with Gasteiger partial charge in [0.2, 0.25) is 0 Å². The van der Waals surface area contributed by atoms with Crippen LogP contribution in [0.3, 0.4) is 0 Å². The van der Waals surface area contributed by atoms with Crippen LogP contribution in [0.4, 0.5) is 14.5 Å². The predicted octanol–water partition coefficient (Wildman–Crippen LogP) is 2.82. The Morgan fingerprint density at radius 2 is 1.89 bits per heavy atom. The van der Waals surface area contributed by atoms with Gasteiger partial charge < -0.3 is 15.2 Å². The van der Waals surface area contributed by atoms with E-state index >= 15 is 0 Å². The Kier molecular flexibility index (Phi) is 5.95. The molecule has 3 aromatic rings. The minimum absolute atomic E-state index is 0.00292. The van der Waals surface area contributed by atoms with Gasteiger partial charge in [0.15, 0.2) is 0 Å². The molecule has 0 radical (unpaired) electrons. The molecule has 1 aliphatic carbocycles. The number of nitrogens with zero attached hydrogens (tertiary/aromatic N) is 4. The number of nitrogens with one attached hydrogen (secondary N) is 3. The Bertz CT molecular complexity index is 1430. The molecule has 0 atom stereocenters. The highest BCUT2D eigenvalue weighted by atomic mass is 19.3. The van der Waals surface area contributed by atoms with Crippen molar-refractivity contribution in [2.45, 2.75) is 45.1 Å². The number of anilines is 1. The molecule has 4 rings (SSSR count). The van der Waals surface area contributed by atoms with Gasteiger partial charge in [0.05, 0.1) is 28.9 Å². The summed E-state index contributed by atoms with van der Waals surface area (Å²) in [4.78, 5) is 39.2. The number of aryl methyl sites for hydroxylation is 1. The Hall–Kier alpha value is -4.40. The molecule has 0 spiro atoms. The zero-order valence-electron chi connectivity index (χ0n) is 20.0. The van der Waals surface area contributed by atoms with Crippen molar-refractivity contribution < 1.29 is 23.2 Å². The van der Waals surface area contributed by atoms with E-state index in [4.69, 9.17) is 0 Å². The van der Waals surface area contributed by atoms with Gasteiger partial charge in [-0.1, -0.05) is 6.07 Å². The highest BCUT2D eigenvalue weighted by molar-refractivity contribution is 6.43. The van der Waals surface area contributed by atoms with Gasteiger partial charge in [-0.15, -0.1) is 0 Å². The Balaban J connectivity index is 1.60. The second-order valence-electron chi connectivity index (χ2n) is 9.02. The maximum atomic E-state index is 13.8. The molecule has 0 unspecified atom stereocenters. The second-order valence-corrected chi connectivity index (χ2v) is 9.02. The number of halogens is 2. The van der Waals surface area contributed by atoms with E-state index in [9.17, 15) is 28.4 Å². The van der Waals surface area contributed by atoms with E-state index < -0.39 is 41.9 Å². The molecule has 186 valence electrons. The number of hydrogen-bond donors (Lipinski definition) is 3. The lowest BCUT2D eigenvalue weighted by atomic mass is 9.71. The number of Topliss-reactive ketones (excluding diaryl/α,β-unsaturated/α-hetero) is 1. The first-order valence-electron chi connectivity index (χ1n) is 11.0. The van der Waals surface area contributed by atoms with E-state index in [1.165, 1.54) is 23.8 Å². The number of alkyl halides is 2. The predicted molar refractivity (Wildman–Crippen MR) is 123 cm³/mol. The van der Waals surface area contributed by atoms with Gasteiger partial charge in [0.1, 0.15) is 11.4 Å². The van der Waals surface area contributed by atoms with Crippen LogP contribution in [-0.4, -0.2) is 43.5 Å². The van der Waals surface area contributed by atoms with Crippen LogP contribution in [0.15, 0.2) is 24.4 Å². The molecule has 1 fully saturated rings. The van der Waals surface area contributed by atoms with Crippen molar-refractivity contribution in [3.05, 3.63) is 63.7 Å². The molecule has 1 aromatic carbocycles. The first-order valence-corrected chi connectivity index (χ1v) is 11.0. The maximum absolute atomic E-state index is 13.8. The summed E-state index contributed by atoms with van der Waals surface area (Å²) in [5.41, 5.74) is 0.896. The number of rotatable bonds is 6. The second kappa shape index (κ2) is 8.67. The summed E-state index contributed by atoms with van der Waals surface area (Å²) in [6.45, 7) is 4.88. The van der Waals surface area contributed by atoms with Gasteiger partial charge in [-0.05, 0) is 44.0 Å². The molecule has 3 N–H and O–H groups in total. The molecule has 0 bridgehead atoms. The fraction of sp³-hybridized carbons (Fsp3) is 0.333. The number of nitriles is 1. The molecule has 2 amide bonds. The Labute approximate surface area is 204 Å². The number of H-pyrrole nitrogens is 1. The third-order valence-corrected chi connectivity index (χ3v) is 6.57. The van der Waals surface area contributed by atoms with Gasteiger partial charge in [-0.2, -0.15) is 20.7 Å². The summed E-state index contributed by atoms with van der Waals surface area (Å²) in [6.07, 6.45) is -0.204. The van der Waals surface area contributed by atoms with Crippen molar-refractivity contribution >= 4 is 23.3 Å². The smallest absolute Gasteiger partial charge is 0.293 e. The minimum atomic E-state index is -3.01. The summed E-state index contributed by atoms with van der Waals surface area (Å²) in [5, 5.41) is 24.1. The van der Waals surface area contributed by atoms with E-state index in [2.05, 4.69) is 32.1 Å². The number of benzene rings is 1. The summed E-state index contributed by atoms with van der Waals surface area (Å²) in [7, 11) is 1.57. The van der Waals surface area contributed by atoms with Crippen molar-refractivity contribution in [1.29, 1.82) is 5.26 Å². The average Bonchev–Trinajstić information content (AvgIpc) is 3.41. The topological polar surface area (TPSA) is 146 Å². The summed E-state index contributed by atoms with van der Waals surface area (Å²) < 4.78 is 29.0. The van der Waals surface area contributed by atoms with Crippen molar-refractivity contribution in [3.63, 3.8) is 0 Å². The zero-order valence-corrected chi connectivity index (χ0v) is 20.0. The van der Waals surface area contributed by atoms with Gasteiger partial charge in [0.25, 0.3) is 23.5 Å². The number of hydrogen-bond acceptors (Lipinski definition) is 6. The van der Waals surface area contributed by atoms with E-state index in [0.29, 0.717) is 16.9 Å². The summed E-state index contributed by atoms with van der Waals surface area (Å²) in [5.74, 6) is -5.60. The fourth-order valence-electron chi connectivity index (χ4n) is 4.63. The van der Waals surface area contributed by atoms with Crippen LogP contribution in [0, 0.1) is 32.1 Å². The minimum Gasteiger partial charge on any atom is -0.343 e. The van der Waals surface area contributed by atoms with Gasteiger partial charge in [-0.3, -0.25) is 14.4 Å². The normalized spacial score (nSPS) is 15.5. The van der Waals surface area contributed by atoms with Gasteiger partial charge in [0, 0.05) is 31.3 Å². The quantitative estimate of drug-likeness (QED) is 0.354. The number of amides is 2. The van der Waals surface area contributed by atoms with Crippen LogP contribution >= 0.6 is 0 Å². The van der Waals surface area contributed by atoms with E-state index in [1.807, 2.05) is 0 Å². The Morgan fingerprint density at radius 3 is 2.47 bits per heavy atom. The number of carbonyl (C=O) groups is 3. The van der Waals surface area contributed by atoms with E-state index in [0.717, 1.165) is 5.56 Å². The van der Waals surface area contributed by atoms with Crippen LogP contribution < -0.4 is 10.6 Å². The molecule has 10 nitrogen and oxygen atoms in total. The largest absolute Gasteiger partial charge is 0.343 e. The van der Waals surface area contributed by atoms with Crippen molar-refractivity contribution in [1.82, 2.24) is 25.3 Å². The number of aromatic nitrogens is 4. The van der Waals surface area contributed by atoms with Crippen LogP contribution in [0.2, 0.25) is 0 Å². The monoisotopic (exact) mass is 495 g/mol. The molecular weight excluding hydrogens is 472 g/mol. The molecule has 2 heterocycles. The Morgan fingerprint density at radius 1 is 1.19 bits per heavy atom. The molecule has 1 saturated carbocycles. The third kappa shape index (κ3) is 4.13. The SMILES string of the molecule is Cc1ccc(NC(=O)c2c(C)c(C(=O)C(=O)NC3(c4cn[nH]n4)CC(F)(F)C3)c(C)n2C)cc1C#N. The number of aromatic amines is 1. The molecular formula is C24H23F2N7O3. The first kappa shape index (κ1) is 24.7. The van der Waals surface area contributed by atoms with Gasteiger partial charge >= 0.3 is 0 Å². The summed E-state index contributed by atoms with van der Waals surface area (Å²) in [6, 6.07) is 6.94. The van der Waals surface area contributed by atoms with Crippen LogP contribution in [0.5, 0.6) is 0 Å². The molecule has 36 heavy (non-hydrogen) atoms. The van der Waals surface area contributed by atoms with Crippen LogP contribution in [-0.2, 0) is 17.4 Å².